The molecule has 0 atom stereocenters. The summed E-state index contributed by atoms with van der Waals surface area (Å²) in [6.07, 6.45) is 3.68. The Morgan fingerprint density at radius 3 is 2.07 bits per heavy atom. The molecular weight excluding hydrogens is 344 g/mol. The van der Waals surface area contributed by atoms with Crippen LogP contribution >= 0.6 is 0 Å². The summed E-state index contributed by atoms with van der Waals surface area (Å²) in [6.45, 7) is 5.25. The number of hydrogen-bond donors (Lipinski definition) is 0. The number of ether oxygens (including phenoxy) is 2. The quantitative estimate of drug-likeness (QED) is 0.813. The molecule has 2 heterocycles. The van der Waals surface area contributed by atoms with Crippen LogP contribution in [0, 0.1) is 11.8 Å². The van der Waals surface area contributed by atoms with E-state index < -0.39 is 0 Å². The Balaban J connectivity index is 1.57. The molecule has 3 rings (SSSR count). The van der Waals surface area contributed by atoms with Crippen LogP contribution in [0.1, 0.15) is 43.0 Å². The number of amides is 2. The maximum absolute atomic E-state index is 12.8. The van der Waals surface area contributed by atoms with Crippen molar-refractivity contribution in [2.24, 2.45) is 11.8 Å². The molecule has 0 spiro atoms. The molecule has 2 amide bonds. The van der Waals surface area contributed by atoms with Gasteiger partial charge >= 0.3 is 0 Å². The van der Waals surface area contributed by atoms with Crippen LogP contribution < -0.4 is 9.47 Å². The second-order valence-corrected chi connectivity index (χ2v) is 7.64. The third-order valence-corrected chi connectivity index (χ3v) is 5.86. The van der Waals surface area contributed by atoms with Crippen molar-refractivity contribution < 1.29 is 19.1 Å². The zero-order valence-electron chi connectivity index (χ0n) is 16.6. The molecule has 148 valence electrons. The molecule has 2 aliphatic rings. The van der Waals surface area contributed by atoms with Gasteiger partial charge in [-0.1, -0.05) is 6.92 Å². The van der Waals surface area contributed by atoms with E-state index in [1.54, 1.807) is 32.4 Å². The summed E-state index contributed by atoms with van der Waals surface area (Å²) in [5, 5.41) is 0. The minimum atomic E-state index is -0.0198. The van der Waals surface area contributed by atoms with E-state index in [-0.39, 0.29) is 17.7 Å². The lowest BCUT2D eigenvalue weighted by Gasteiger charge is -2.36. The topological polar surface area (TPSA) is 59.1 Å². The summed E-state index contributed by atoms with van der Waals surface area (Å²) >= 11 is 0. The first-order valence-corrected chi connectivity index (χ1v) is 9.83. The van der Waals surface area contributed by atoms with Gasteiger partial charge in [0.15, 0.2) is 11.5 Å². The predicted molar refractivity (Wildman–Crippen MR) is 103 cm³/mol. The fraction of sp³-hybridized carbons (Fsp3) is 0.619. The summed E-state index contributed by atoms with van der Waals surface area (Å²) in [5.41, 5.74) is 0.586. The highest BCUT2D eigenvalue weighted by Gasteiger charge is 2.31. The Hall–Kier alpha value is -2.24. The lowest BCUT2D eigenvalue weighted by molar-refractivity contribution is -0.138. The second kappa shape index (κ2) is 8.63. The summed E-state index contributed by atoms with van der Waals surface area (Å²) < 4.78 is 10.5. The SMILES string of the molecule is COc1ccc(C(=O)N2CCC(C(=O)N3CCC(C)CC3)CC2)cc1OC. The molecule has 0 saturated carbocycles. The largest absolute Gasteiger partial charge is 0.493 e. The van der Waals surface area contributed by atoms with Gasteiger partial charge in [0.2, 0.25) is 5.91 Å². The van der Waals surface area contributed by atoms with Gasteiger partial charge in [0.1, 0.15) is 0 Å². The summed E-state index contributed by atoms with van der Waals surface area (Å²) in [5.74, 6) is 2.18. The van der Waals surface area contributed by atoms with E-state index in [4.69, 9.17) is 9.47 Å². The standard InChI is InChI=1S/C21H30N2O4/c1-15-6-10-22(11-7-15)20(24)16-8-12-23(13-9-16)21(25)17-4-5-18(26-2)19(14-17)27-3/h4-5,14-16H,6-13H2,1-3H3. The third kappa shape index (κ3) is 4.37. The minimum Gasteiger partial charge on any atom is -0.493 e. The van der Waals surface area contributed by atoms with Crippen LogP contribution in [0.15, 0.2) is 18.2 Å². The Morgan fingerprint density at radius 2 is 1.48 bits per heavy atom. The van der Waals surface area contributed by atoms with E-state index in [1.165, 1.54) is 0 Å². The Bertz CT molecular complexity index is 675. The highest BCUT2D eigenvalue weighted by atomic mass is 16.5. The molecule has 0 bridgehead atoms. The molecule has 1 aromatic carbocycles. The van der Waals surface area contributed by atoms with Crippen LogP contribution in [0.5, 0.6) is 11.5 Å². The molecule has 2 aliphatic heterocycles. The molecule has 1 aromatic rings. The molecule has 0 N–H and O–H groups in total. The number of hydrogen-bond acceptors (Lipinski definition) is 4. The molecular formula is C21H30N2O4. The van der Waals surface area contributed by atoms with Crippen molar-refractivity contribution in [2.75, 3.05) is 40.4 Å². The molecule has 0 unspecified atom stereocenters. The van der Waals surface area contributed by atoms with Crippen LogP contribution in [0.3, 0.4) is 0 Å². The fourth-order valence-corrected chi connectivity index (χ4v) is 3.97. The van der Waals surface area contributed by atoms with E-state index in [0.717, 1.165) is 44.7 Å². The highest BCUT2D eigenvalue weighted by Crippen LogP contribution is 2.29. The van der Waals surface area contributed by atoms with Gasteiger partial charge in [-0.15, -0.1) is 0 Å². The van der Waals surface area contributed by atoms with Gasteiger partial charge in [0, 0.05) is 37.7 Å². The average molecular weight is 374 g/mol. The number of carbonyl (C=O) groups excluding carboxylic acids is 2. The highest BCUT2D eigenvalue weighted by molar-refractivity contribution is 5.95. The zero-order chi connectivity index (χ0) is 19.4. The van der Waals surface area contributed by atoms with Crippen LogP contribution in [0.4, 0.5) is 0 Å². The molecule has 2 fully saturated rings. The van der Waals surface area contributed by atoms with Crippen molar-refractivity contribution in [3.05, 3.63) is 23.8 Å². The smallest absolute Gasteiger partial charge is 0.253 e. The number of nitrogens with zero attached hydrogens (tertiary/aromatic N) is 2. The summed E-state index contributed by atoms with van der Waals surface area (Å²) in [4.78, 5) is 29.4. The number of piperidine rings is 2. The number of likely N-dealkylation sites (tertiary alicyclic amines) is 2. The average Bonchev–Trinajstić information content (AvgIpc) is 2.72. The molecule has 6 heteroatoms. The molecule has 6 nitrogen and oxygen atoms in total. The van der Waals surface area contributed by atoms with E-state index in [1.807, 2.05) is 9.80 Å². The van der Waals surface area contributed by atoms with Crippen molar-refractivity contribution in [3.8, 4) is 11.5 Å². The van der Waals surface area contributed by atoms with E-state index in [0.29, 0.717) is 30.2 Å². The summed E-state index contributed by atoms with van der Waals surface area (Å²) in [6, 6.07) is 5.23. The lowest BCUT2D eigenvalue weighted by Crippen LogP contribution is -2.46. The van der Waals surface area contributed by atoms with E-state index in [2.05, 4.69) is 6.92 Å². The molecule has 0 aliphatic carbocycles. The number of carbonyl (C=O) groups is 2. The third-order valence-electron chi connectivity index (χ3n) is 5.86. The minimum absolute atomic E-state index is 0.0198. The van der Waals surface area contributed by atoms with Crippen LogP contribution in [-0.2, 0) is 4.79 Å². The summed E-state index contributed by atoms with van der Waals surface area (Å²) in [7, 11) is 3.13. The van der Waals surface area contributed by atoms with Crippen molar-refractivity contribution in [2.45, 2.75) is 32.6 Å². The van der Waals surface area contributed by atoms with Gasteiger partial charge in [0.25, 0.3) is 5.91 Å². The van der Waals surface area contributed by atoms with Crippen LogP contribution in [-0.4, -0.2) is 62.0 Å². The molecule has 27 heavy (non-hydrogen) atoms. The number of rotatable bonds is 4. The molecule has 0 aromatic heterocycles. The van der Waals surface area contributed by atoms with Crippen molar-refractivity contribution in [1.29, 1.82) is 0 Å². The van der Waals surface area contributed by atoms with E-state index in [9.17, 15) is 9.59 Å². The van der Waals surface area contributed by atoms with Crippen molar-refractivity contribution in [3.63, 3.8) is 0 Å². The molecule has 0 radical (unpaired) electrons. The maximum Gasteiger partial charge on any atom is 0.253 e. The number of methoxy groups -OCH3 is 2. The number of benzene rings is 1. The first-order valence-electron chi connectivity index (χ1n) is 9.83. The Kier molecular flexibility index (Phi) is 6.24. The van der Waals surface area contributed by atoms with E-state index >= 15 is 0 Å². The molecule has 2 saturated heterocycles. The first-order chi connectivity index (χ1) is 13.0. The zero-order valence-corrected chi connectivity index (χ0v) is 16.6. The van der Waals surface area contributed by atoms with Crippen molar-refractivity contribution in [1.82, 2.24) is 9.80 Å². The maximum atomic E-state index is 12.8. The van der Waals surface area contributed by atoms with Crippen molar-refractivity contribution >= 4 is 11.8 Å². The van der Waals surface area contributed by atoms with Gasteiger partial charge in [-0.05, 0) is 49.8 Å². The normalized spacial score (nSPS) is 19.1. The van der Waals surface area contributed by atoms with Crippen LogP contribution in [0.2, 0.25) is 0 Å². The predicted octanol–water partition coefficient (Wildman–Crippen LogP) is 2.81. The Labute approximate surface area is 161 Å². The lowest BCUT2D eigenvalue weighted by atomic mass is 9.92. The van der Waals surface area contributed by atoms with Gasteiger partial charge in [-0.2, -0.15) is 0 Å². The van der Waals surface area contributed by atoms with Gasteiger partial charge in [-0.25, -0.2) is 0 Å². The van der Waals surface area contributed by atoms with Gasteiger partial charge in [-0.3, -0.25) is 9.59 Å². The fourth-order valence-electron chi connectivity index (χ4n) is 3.97. The Morgan fingerprint density at radius 1 is 0.889 bits per heavy atom. The first kappa shape index (κ1) is 19.5. The van der Waals surface area contributed by atoms with Gasteiger partial charge in [0.05, 0.1) is 14.2 Å². The monoisotopic (exact) mass is 374 g/mol. The van der Waals surface area contributed by atoms with Gasteiger partial charge < -0.3 is 19.3 Å². The van der Waals surface area contributed by atoms with Crippen LogP contribution in [0.25, 0.3) is 0 Å². The second-order valence-electron chi connectivity index (χ2n) is 7.64.